The Bertz CT molecular complexity index is 771. The summed E-state index contributed by atoms with van der Waals surface area (Å²) in [6, 6.07) is 15.5. The number of para-hydroxylation sites is 1. The average Bonchev–Trinajstić information content (AvgIpc) is 2.73. The maximum Gasteiger partial charge on any atom is 0.220 e. The fourth-order valence-corrected chi connectivity index (χ4v) is 3.16. The van der Waals surface area contributed by atoms with E-state index in [9.17, 15) is 4.79 Å². The van der Waals surface area contributed by atoms with Crippen molar-refractivity contribution < 1.29 is 14.3 Å². The van der Waals surface area contributed by atoms with Crippen LogP contribution in [-0.2, 0) is 22.5 Å². The number of hydrogen-bond acceptors (Lipinski definition) is 5. The number of amides is 1. The van der Waals surface area contributed by atoms with E-state index in [1.54, 1.807) is 0 Å². The summed E-state index contributed by atoms with van der Waals surface area (Å²) in [6.45, 7) is 5.55. The van der Waals surface area contributed by atoms with Crippen molar-refractivity contribution in [1.29, 1.82) is 0 Å². The molecule has 6 nitrogen and oxygen atoms in total. The van der Waals surface area contributed by atoms with E-state index in [-0.39, 0.29) is 30.7 Å². The minimum atomic E-state index is 0. The summed E-state index contributed by atoms with van der Waals surface area (Å²) in [7, 11) is 0. The zero-order valence-corrected chi connectivity index (χ0v) is 18.7. The van der Waals surface area contributed by atoms with Crippen molar-refractivity contribution in [1.82, 2.24) is 10.2 Å². The first kappa shape index (κ1) is 26.0. The number of benzene rings is 2. The number of morpholine rings is 1. The molecule has 0 aromatic heterocycles. The molecule has 0 spiro atoms. The molecule has 0 aliphatic carbocycles. The number of nitrogens with one attached hydrogen (secondary N) is 1. The molecule has 0 radical (unpaired) electrons. The zero-order valence-electron chi connectivity index (χ0n) is 17.0. The molecule has 1 amide bonds. The number of halogens is 2. The summed E-state index contributed by atoms with van der Waals surface area (Å²) < 4.78 is 11.2. The van der Waals surface area contributed by atoms with Crippen LogP contribution < -0.4 is 15.8 Å². The maximum absolute atomic E-state index is 12.1. The summed E-state index contributed by atoms with van der Waals surface area (Å²) in [5.41, 5.74) is 8.69. The van der Waals surface area contributed by atoms with Gasteiger partial charge in [0.25, 0.3) is 0 Å². The number of ether oxygens (including phenoxy) is 2. The lowest BCUT2D eigenvalue weighted by Crippen LogP contribution is -2.38. The van der Waals surface area contributed by atoms with E-state index in [0.29, 0.717) is 26.0 Å². The molecule has 1 heterocycles. The second-order valence-electron chi connectivity index (χ2n) is 6.93. The van der Waals surface area contributed by atoms with E-state index in [1.807, 2.05) is 48.5 Å². The fourth-order valence-electron chi connectivity index (χ4n) is 3.16. The molecule has 2 aromatic rings. The van der Waals surface area contributed by atoms with Gasteiger partial charge in [0.05, 0.1) is 13.2 Å². The predicted octanol–water partition coefficient (Wildman–Crippen LogP) is 3.07. The van der Waals surface area contributed by atoms with Crippen molar-refractivity contribution >= 4 is 36.4 Å². The Hall–Kier alpha value is -1.99. The standard InChI is InChI=1S/C22H29N3O3.2ClH/c23-21-7-2-1-5-19(21)8-9-22(26)24-17-18-4-3-6-20(16-18)28-15-12-25-10-13-27-14-11-25;;/h1-7,16H,8-15,17,23H2,(H,24,26);2*1H. The number of anilines is 1. The highest BCUT2D eigenvalue weighted by molar-refractivity contribution is 5.85. The summed E-state index contributed by atoms with van der Waals surface area (Å²) >= 11 is 0. The van der Waals surface area contributed by atoms with Crippen LogP contribution in [0.4, 0.5) is 5.69 Å². The second kappa shape index (κ2) is 14.1. The number of nitrogen functional groups attached to an aromatic ring is 1. The molecule has 1 aliphatic rings. The van der Waals surface area contributed by atoms with Crippen LogP contribution in [0.2, 0.25) is 0 Å². The molecule has 1 fully saturated rings. The Morgan fingerprint density at radius 1 is 1.10 bits per heavy atom. The lowest BCUT2D eigenvalue weighted by molar-refractivity contribution is -0.121. The first-order valence-corrected chi connectivity index (χ1v) is 9.82. The van der Waals surface area contributed by atoms with Gasteiger partial charge in [0.15, 0.2) is 0 Å². The third kappa shape index (κ3) is 8.79. The Morgan fingerprint density at radius 3 is 2.63 bits per heavy atom. The highest BCUT2D eigenvalue weighted by Crippen LogP contribution is 2.14. The van der Waals surface area contributed by atoms with Crippen LogP contribution >= 0.6 is 24.8 Å². The van der Waals surface area contributed by atoms with E-state index in [2.05, 4.69) is 10.2 Å². The Labute approximate surface area is 190 Å². The van der Waals surface area contributed by atoms with E-state index in [1.165, 1.54) is 0 Å². The molecule has 0 atom stereocenters. The van der Waals surface area contributed by atoms with Gasteiger partial charge < -0.3 is 20.5 Å². The van der Waals surface area contributed by atoms with Crippen LogP contribution in [0.15, 0.2) is 48.5 Å². The average molecular weight is 456 g/mol. The summed E-state index contributed by atoms with van der Waals surface area (Å²) in [5, 5.41) is 2.97. The number of nitrogens with zero attached hydrogens (tertiary/aromatic N) is 1. The van der Waals surface area contributed by atoms with Gasteiger partial charge in [-0.15, -0.1) is 24.8 Å². The smallest absolute Gasteiger partial charge is 0.220 e. The largest absolute Gasteiger partial charge is 0.492 e. The molecule has 1 saturated heterocycles. The minimum absolute atomic E-state index is 0. The predicted molar refractivity (Wildman–Crippen MR) is 125 cm³/mol. The molecule has 2 aromatic carbocycles. The van der Waals surface area contributed by atoms with Crippen LogP contribution in [-0.4, -0.2) is 50.3 Å². The van der Waals surface area contributed by atoms with Gasteiger partial charge in [-0.05, 0) is 35.7 Å². The number of hydrogen-bond donors (Lipinski definition) is 2. The number of nitrogens with two attached hydrogens (primary N) is 1. The minimum Gasteiger partial charge on any atom is -0.492 e. The first-order chi connectivity index (χ1) is 13.7. The lowest BCUT2D eigenvalue weighted by Gasteiger charge is -2.26. The molecule has 0 bridgehead atoms. The van der Waals surface area contributed by atoms with Gasteiger partial charge in [-0.3, -0.25) is 9.69 Å². The van der Waals surface area contributed by atoms with Crippen molar-refractivity contribution in [3.8, 4) is 5.75 Å². The summed E-state index contributed by atoms with van der Waals surface area (Å²) in [6.07, 6.45) is 1.06. The molecule has 8 heteroatoms. The van der Waals surface area contributed by atoms with Gasteiger partial charge in [0.2, 0.25) is 5.91 Å². The van der Waals surface area contributed by atoms with E-state index < -0.39 is 0 Å². The first-order valence-electron chi connectivity index (χ1n) is 9.82. The van der Waals surface area contributed by atoms with Crippen molar-refractivity contribution in [3.63, 3.8) is 0 Å². The normalized spacial score (nSPS) is 13.6. The molecule has 3 N–H and O–H groups in total. The molecule has 3 rings (SSSR count). The monoisotopic (exact) mass is 455 g/mol. The van der Waals surface area contributed by atoms with Crippen LogP contribution in [0, 0.1) is 0 Å². The third-order valence-electron chi connectivity index (χ3n) is 4.84. The maximum atomic E-state index is 12.1. The zero-order chi connectivity index (χ0) is 19.6. The van der Waals surface area contributed by atoms with Gasteiger partial charge in [0.1, 0.15) is 12.4 Å². The lowest BCUT2D eigenvalue weighted by atomic mass is 10.1. The Kier molecular flexibility index (Phi) is 12.2. The third-order valence-corrected chi connectivity index (χ3v) is 4.84. The topological polar surface area (TPSA) is 76.8 Å². The number of aryl methyl sites for hydroxylation is 1. The van der Waals surface area contributed by atoms with Gasteiger partial charge >= 0.3 is 0 Å². The van der Waals surface area contributed by atoms with Gasteiger partial charge in [-0.1, -0.05) is 30.3 Å². The Balaban J connectivity index is 0.00000225. The van der Waals surface area contributed by atoms with E-state index in [0.717, 1.165) is 55.4 Å². The molecular weight excluding hydrogens is 425 g/mol. The quantitative estimate of drug-likeness (QED) is 0.568. The van der Waals surface area contributed by atoms with Gasteiger partial charge in [-0.2, -0.15) is 0 Å². The van der Waals surface area contributed by atoms with Crippen LogP contribution in [0.5, 0.6) is 5.75 Å². The highest BCUT2D eigenvalue weighted by Gasteiger charge is 2.10. The van der Waals surface area contributed by atoms with Crippen LogP contribution in [0.1, 0.15) is 17.5 Å². The number of carbonyl (C=O) groups excluding carboxylic acids is 1. The molecular formula is C22H31Cl2N3O3. The van der Waals surface area contributed by atoms with Crippen molar-refractivity contribution in [2.24, 2.45) is 0 Å². The summed E-state index contributed by atoms with van der Waals surface area (Å²) in [5.74, 6) is 0.846. The van der Waals surface area contributed by atoms with E-state index >= 15 is 0 Å². The highest BCUT2D eigenvalue weighted by atomic mass is 35.5. The fraction of sp³-hybridized carbons (Fsp3) is 0.409. The van der Waals surface area contributed by atoms with Crippen molar-refractivity contribution in [3.05, 3.63) is 59.7 Å². The molecule has 0 unspecified atom stereocenters. The van der Waals surface area contributed by atoms with Crippen molar-refractivity contribution in [2.75, 3.05) is 45.2 Å². The van der Waals surface area contributed by atoms with Gasteiger partial charge in [-0.25, -0.2) is 0 Å². The molecule has 0 saturated carbocycles. The Morgan fingerprint density at radius 2 is 1.87 bits per heavy atom. The SMILES string of the molecule is Cl.Cl.Nc1ccccc1CCC(=O)NCc1cccc(OCCN2CCOCC2)c1. The molecule has 30 heavy (non-hydrogen) atoms. The van der Waals surface area contributed by atoms with Crippen LogP contribution in [0.25, 0.3) is 0 Å². The molecule has 166 valence electrons. The van der Waals surface area contributed by atoms with E-state index in [4.69, 9.17) is 15.2 Å². The molecule has 1 aliphatic heterocycles. The van der Waals surface area contributed by atoms with Crippen molar-refractivity contribution in [2.45, 2.75) is 19.4 Å². The second-order valence-corrected chi connectivity index (χ2v) is 6.93. The van der Waals surface area contributed by atoms with Crippen LogP contribution in [0.3, 0.4) is 0 Å². The summed E-state index contributed by atoms with van der Waals surface area (Å²) in [4.78, 5) is 14.5. The number of carbonyl (C=O) groups is 1. The number of rotatable bonds is 9. The van der Waals surface area contributed by atoms with Gasteiger partial charge in [0, 0.05) is 38.3 Å².